The molecule has 9 heteroatoms. The summed E-state index contributed by atoms with van der Waals surface area (Å²) >= 11 is 0. The molecular weight excluding hydrogens is 433 g/mol. The van der Waals surface area contributed by atoms with Crippen LogP contribution in [0.2, 0.25) is 0 Å². The number of aryl methyl sites for hydroxylation is 1. The SMILES string of the molecule is Cc1cc(NC(=O)C2CCOCC2)cc(C(F)(F)F)c1-c1ccc(-c2cnc(N)nc2)cc1. The number of hydrogen-bond acceptors (Lipinski definition) is 5. The van der Waals surface area contributed by atoms with Crippen molar-refractivity contribution in [3.63, 3.8) is 0 Å². The molecule has 172 valence electrons. The van der Waals surface area contributed by atoms with Crippen molar-refractivity contribution >= 4 is 17.5 Å². The summed E-state index contributed by atoms with van der Waals surface area (Å²) in [5.74, 6) is -0.406. The number of benzene rings is 2. The van der Waals surface area contributed by atoms with Gasteiger partial charge in [-0.05, 0) is 54.2 Å². The molecule has 0 spiro atoms. The van der Waals surface area contributed by atoms with Crippen LogP contribution in [0.1, 0.15) is 24.0 Å². The van der Waals surface area contributed by atoms with Gasteiger partial charge in [-0.3, -0.25) is 4.79 Å². The average Bonchev–Trinajstić information content (AvgIpc) is 2.79. The van der Waals surface area contributed by atoms with E-state index in [-0.39, 0.29) is 29.0 Å². The number of nitrogens with one attached hydrogen (secondary N) is 1. The Balaban J connectivity index is 1.66. The molecule has 33 heavy (non-hydrogen) atoms. The second-order valence-electron chi connectivity index (χ2n) is 8.00. The number of aromatic nitrogens is 2. The van der Waals surface area contributed by atoms with Crippen LogP contribution in [0.4, 0.5) is 24.8 Å². The van der Waals surface area contributed by atoms with Crippen molar-refractivity contribution in [2.24, 2.45) is 5.92 Å². The Kier molecular flexibility index (Phi) is 6.33. The number of rotatable bonds is 4. The fourth-order valence-corrected chi connectivity index (χ4v) is 3.99. The predicted octanol–water partition coefficient (Wildman–Crippen LogP) is 5.09. The van der Waals surface area contributed by atoms with Gasteiger partial charge >= 0.3 is 6.18 Å². The second kappa shape index (κ2) is 9.19. The first-order valence-corrected chi connectivity index (χ1v) is 10.5. The van der Waals surface area contributed by atoms with Crippen LogP contribution in [-0.4, -0.2) is 29.1 Å². The molecule has 3 N–H and O–H groups in total. The van der Waals surface area contributed by atoms with Crippen molar-refractivity contribution in [3.05, 3.63) is 59.9 Å². The number of hydrogen-bond donors (Lipinski definition) is 2. The van der Waals surface area contributed by atoms with E-state index < -0.39 is 11.7 Å². The van der Waals surface area contributed by atoms with Crippen molar-refractivity contribution in [2.75, 3.05) is 24.3 Å². The van der Waals surface area contributed by atoms with Gasteiger partial charge < -0.3 is 15.8 Å². The highest BCUT2D eigenvalue weighted by Gasteiger charge is 2.35. The summed E-state index contributed by atoms with van der Waals surface area (Å²) in [5.41, 5.74) is 7.21. The Labute approximate surface area is 189 Å². The van der Waals surface area contributed by atoms with Crippen LogP contribution in [-0.2, 0) is 15.7 Å². The maximum atomic E-state index is 14.0. The summed E-state index contributed by atoms with van der Waals surface area (Å²) in [6.45, 7) is 2.56. The largest absolute Gasteiger partial charge is 0.417 e. The van der Waals surface area contributed by atoms with E-state index in [0.29, 0.717) is 42.7 Å². The minimum Gasteiger partial charge on any atom is -0.381 e. The predicted molar refractivity (Wildman–Crippen MR) is 119 cm³/mol. The first kappa shape index (κ1) is 22.7. The molecule has 3 aromatic rings. The van der Waals surface area contributed by atoms with Gasteiger partial charge in [-0.1, -0.05) is 24.3 Å². The number of amides is 1. The topological polar surface area (TPSA) is 90.1 Å². The highest BCUT2D eigenvalue weighted by molar-refractivity contribution is 5.93. The fraction of sp³-hybridized carbons (Fsp3) is 0.292. The van der Waals surface area contributed by atoms with Crippen LogP contribution >= 0.6 is 0 Å². The summed E-state index contributed by atoms with van der Waals surface area (Å²) in [5, 5.41) is 2.66. The van der Waals surface area contributed by atoms with Crippen LogP contribution < -0.4 is 11.1 Å². The number of halogens is 3. The van der Waals surface area contributed by atoms with Crippen LogP contribution in [0.15, 0.2) is 48.8 Å². The monoisotopic (exact) mass is 456 g/mol. The lowest BCUT2D eigenvalue weighted by Gasteiger charge is -2.22. The zero-order chi connectivity index (χ0) is 23.6. The molecule has 0 unspecified atom stereocenters. The van der Waals surface area contributed by atoms with E-state index in [1.807, 2.05) is 0 Å². The Morgan fingerprint density at radius 2 is 1.64 bits per heavy atom. The third-order valence-electron chi connectivity index (χ3n) is 5.68. The molecule has 0 aliphatic carbocycles. The smallest absolute Gasteiger partial charge is 0.381 e. The Morgan fingerprint density at radius 1 is 1.03 bits per heavy atom. The van der Waals surface area contributed by atoms with E-state index in [1.165, 1.54) is 0 Å². The second-order valence-corrected chi connectivity index (χ2v) is 8.00. The lowest BCUT2D eigenvalue weighted by atomic mass is 9.92. The molecule has 1 fully saturated rings. The lowest BCUT2D eigenvalue weighted by Crippen LogP contribution is -2.28. The van der Waals surface area contributed by atoms with Gasteiger partial charge in [-0.15, -0.1) is 0 Å². The van der Waals surface area contributed by atoms with Crippen molar-refractivity contribution < 1.29 is 22.7 Å². The number of carbonyl (C=O) groups is 1. The van der Waals surface area contributed by atoms with Gasteiger partial charge in [0, 0.05) is 42.8 Å². The molecule has 4 rings (SSSR count). The molecule has 1 aliphatic rings. The molecule has 2 aromatic carbocycles. The molecule has 0 saturated carbocycles. The number of nitrogens with zero attached hydrogens (tertiary/aromatic N) is 2. The number of ether oxygens (including phenoxy) is 1. The van der Waals surface area contributed by atoms with Crippen LogP contribution in [0, 0.1) is 12.8 Å². The summed E-state index contributed by atoms with van der Waals surface area (Å²) in [4.78, 5) is 20.4. The number of nitrogens with two attached hydrogens (primary N) is 1. The molecule has 1 saturated heterocycles. The Bertz CT molecular complexity index is 1140. The van der Waals surface area contributed by atoms with E-state index in [1.54, 1.807) is 49.6 Å². The van der Waals surface area contributed by atoms with E-state index in [4.69, 9.17) is 10.5 Å². The zero-order valence-corrected chi connectivity index (χ0v) is 17.9. The van der Waals surface area contributed by atoms with Crippen molar-refractivity contribution in [1.29, 1.82) is 0 Å². The highest BCUT2D eigenvalue weighted by Crippen LogP contribution is 2.41. The fourth-order valence-electron chi connectivity index (χ4n) is 3.99. The van der Waals surface area contributed by atoms with E-state index >= 15 is 0 Å². The molecule has 1 amide bonds. The van der Waals surface area contributed by atoms with Crippen LogP contribution in [0.25, 0.3) is 22.3 Å². The van der Waals surface area contributed by atoms with E-state index in [2.05, 4.69) is 15.3 Å². The molecule has 2 heterocycles. The summed E-state index contributed by atoms with van der Waals surface area (Å²) in [6, 6.07) is 9.26. The van der Waals surface area contributed by atoms with Gasteiger partial charge in [0.25, 0.3) is 0 Å². The first-order chi connectivity index (χ1) is 15.7. The third kappa shape index (κ3) is 5.14. The van der Waals surface area contributed by atoms with E-state index in [0.717, 1.165) is 11.6 Å². The van der Waals surface area contributed by atoms with Gasteiger partial charge in [0.05, 0.1) is 5.56 Å². The molecule has 0 bridgehead atoms. The Hall–Kier alpha value is -3.46. The average molecular weight is 456 g/mol. The van der Waals surface area contributed by atoms with Crippen molar-refractivity contribution in [3.8, 4) is 22.3 Å². The van der Waals surface area contributed by atoms with Gasteiger partial charge in [0.15, 0.2) is 0 Å². The summed E-state index contributed by atoms with van der Waals surface area (Å²) in [7, 11) is 0. The van der Waals surface area contributed by atoms with Gasteiger partial charge in [0.1, 0.15) is 0 Å². The van der Waals surface area contributed by atoms with Crippen molar-refractivity contribution in [2.45, 2.75) is 25.9 Å². The Morgan fingerprint density at radius 3 is 2.24 bits per heavy atom. The summed E-state index contributed by atoms with van der Waals surface area (Å²) in [6.07, 6.45) is -0.372. The van der Waals surface area contributed by atoms with Gasteiger partial charge in [-0.25, -0.2) is 9.97 Å². The number of nitrogen functional groups attached to an aromatic ring is 1. The third-order valence-corrected chi connectivity index (χ3v) is 5.68. The van der Waals surface area contributed by atoms with Crippen LogP contribution in [0.3, 0.4) is 0 Å². The minimum absolute atomic E-state index is 0.0756. The quantitative estimate of drug-likeness (QED) is 0.571. The molecular formula is C24H23F3N4O2. The van der Waals surface area contributed by atoms with Gasteiger partial charge in [-0.2, -0.15) is 13.2 Å². The molecule has 0 radical (unpaired) electrons. The normalized spacial score (nSPS) is 14.8. The molecule has 6 nitrogen and oxygen atoms in total. The van der Waals surface area contributed by atoms with Gasteiger partial charge in [0.2, 0.25) is 11.9 Å². The zero-order valence-electron chi connectivity index (χ0n) is 17.9. The maximum Gasteiger partial charge on any atom is 0.417 e. The van der Waals surface area contributed by atoms with Crippen molar-refractivity contribution in [1.82, 2.24) is 9.97 Å². The van der Waals surface area contributed by atoms with Crippen LogP contribution in [0.5, 0.6) is 0 Å². The number of anilines is 2. The molecule has 1 aliphatic heterocycles. The summed E-state index contributed by atoms with van der Waals surface area (Å²) < 4.78 is 47.3. The van der Waals surface area contributed by atoms with E-state index in [9.17, 15) is 18.0 Å². The number of alkyl halides is 3. The molecule has 0 atom stereocenters. The maximum absolute atomic E-state index is 14.0. The minimum atomic E-state index is -4.59. The number of carbonyl (C=O) groups excluding carboxylic acids is 1. The first-order valence-electron chi connectivity index (χ1n) is 10.5. The molecule has 1 aromatic heterocycles. The highest BCUT2D eigenvalue weighted by atomic mass is 19.4. The standard InChI is InChI=1S/C24H23F3N4O2/c1-14-10-19(31-22(32)17-6-8-33-9-7-17)11-20(24(25,26)27)21(14)16-4-2-15(3-5-16)18-12-29-23(28)30-13-18/h2-5,10-13,17H,6-9H2,1H3,(H,31,32)(H2,28,29,30). The lowest BCUT2D eigenvalue weighted by molar-refractivity contribution is -0.137.